The van der Waals surface area contributed by atoms with E-state index >= 15 is 0 Å². The number of aromatic nitrogens is 6. The van der Waals surface area contributed by atoms with Gasteiger partial charge in [0.25, 0.3) is 0 Å². The van der Waals surface area contributed by atoms with E-state index in [-0.39, 0.29) is 0 Å². The van der Waals surface area contributed by atoms with Gasteiger partial charge >= 0.3 is 0 Å². The van der Waals surface area contributed by atoms with E-state index in [0.717, 1.165) is 52.7 Å². The van der Waals surface area contributed by atoms with Crippen LogP contribution in [0, 0.1) is 6.92 Å². The molecule has 11 aromatic rings. The van der Waals surface area contributed by atoms with E-state index in [1.54, 1.807) is 34.0 Å². The van der Waals surface area contributed by atoms with Crippen molar-refractivity contribution in [3.05, 3.63) is 107 Å². The van der Waals surface area contributed by atoms with E-state index in [4.69, 9.17) is 9.97 Å². The highest BCUT2D eigenvalue weighted by Gasteiger charge is 2.21. The Bertz CT molecular complexity index is 3270. The van der Waals surface area contributed by atoms with E-state index < -0.39 is 0 Å². The van der Waals surface area contributed by atoms with Crippen LogP contribution in [0.2, 0.25) is 0 Å². The van der Waals surface area contributed by atoms with Crippen molar-refractivity contribution in [3.63, 3.8) is 0 Å². The highest BCUT2D eigenvalue weighted by Crippen LogP contribution is 2.47. The molecule has 15 heteroatoms. The van der Waals surface area contributed by atoms with Gasteiger partial charge in [-0.15, -0.1) is 89.6 Å². The fourth-order valence-electron chi connectivity index (χ4n) is 7.22. The van der Waals surface area contributed by atoms with Gasteiger partial charge in [0.15, 0.2) is 0 Å². The SMILES string of the molecule is CCCCCCc1ccc(-c2ccc(-c3cnc(-c4ccc(-c5ccc(-c6ccc(-c7ncc(-c8ccc(-c9ccc(C)s9)s8)c8snnc78)s6)s5)s4)c4nnsc34)s2)s1. The van der Waals surface area contributed by atoms with E-state index in [2.05, 4.69) is 118 Å². The summed E-state index contributed by atoms with van der Waals surface area (Å²) in [5, 5.41) is 9.18. The molecule has 0 saturated heterocycles. The average molecular weight is 945 g/mol. The molecule has 0 bridgehead atoms. The van der Waals surface area contributed by atoms with E-state index in [1.807, 2.05) is 57.7 Å². The van der Waals surface area contributed by atoms with Crippen LogP contribution in [-0.4, -0.2) is 29.1 Å². The van der Waals surface area contributed by atoms with Crippen molar-refractivity contribution in [2.75, 3.05) is 0 Å². The number of hydrogen-bond donors (Lipinski definition) is 0. The van der Waals surface area contributed by atoms with Gasteiger partial charge in [-0.2, -0.15) is 0 Å². The van der Waals surface area contributed by atoms with Crippen LogP contribution in [0.15, 0.2) is 97.3 Å². The first-order chi connectivity index (χ1) is 29.6. The zero-order chi connectivity index (χ0) is 40.2. The van der Waals surface area contributed by atoms with Crippen LogP contribution in [0.3, 0.4) is 0 Å². The van der Waals surface area contributed by atoms with Gasteiger partial charge in [0.05, 0.1) is 19.2 Å². The van der Waals surface area contributed by atoms with Crippen LogP contribution in [0.25, 0.3) is 101 Å². The van der Waals surface area contributed by atoms with Gasteiger partial charge in [0, 0.05) is 82.0 Å². The lowest BCUT2D eigenvalue weighted by atomic mass is 10.1. The fraction of sp³-hybridized carbons (Fsp3) is 0.156. The van der Waals surface area contributed by atoms with Crippen molar-refractivity contribution in [3.8, 4) is 81.0 Å². The number of pyridine rings is 2. The maximum atomic E-state index is 5.02. The number of hydrogen-bond acceptors (Lipinski definition) is 15. The second-order valence-electron chi connectivity index (χ2n) is 14.2. The minimum absolute atomic E-state index is 0.859. The molecule has 0 radical (unpaired) electrons. The van der Waals surface area contributed by atoms with Crippen molar-refractivity contribution in [1.82, 2.24) is 29.1 Å². The van der Waals surface area contributed by atoms with Gasteiger partial charge < -0.3 is 0 Å². The Hall–Kier alpha value is -4.16. The lowest BCUT2D eigenvalue weighted by Gasteiger charge is -2.02. The third-order valence-electron chi connectivity index (χ3n) is 10.2. The van der Waals surface area contributed by atoms with E-state index in [9.17, 15) is 0 Å². The van der Waals surface area contributed by atoms with Crippen LogP contribution in [0.5, 0.6) is 0 Å². The molecule has 0 atom stereocenters. The minimum atomic E-state index is 0.859. The molecular formula is C45H32N6S9. The number of thiophene rings is 7. The molecule has 0 unspecified atom stereocenters. The maximum absolute atomic E-state index is 5.02. The Kier molecular flexibility index (Phi) is 10.7. The Labute approximate surface area is 382 Å². The monoisotopic (exact) mass is 944 g/mol. The first kappa shape index (κ1) is 38.7. The smallest absolute Gasteiger partial charge is 0.133 e. The van der Waals surface area contributed by atoms with Crippen LogP contribution in [-0.2, 0) is 6.42 Å². The van der Waals surface area contributed by atoms with Gasteiger partial charge in [-0.05, 0) is 128 Å². The highest BCUT2D eigenvalue weighted by atomic mass is 32.1. The average Bonchev–Trinajstić information content (AvgIpc) is 4.12. The Balaban J connectivity index is 0.814. The summed E-state index contributed by atoms with van der Waals surface area (Å²) in [4.78, 5) is 27.5. The molecule has 0 aromatic carbocycles. The Morgan fingerprint density at radius 2 is 0.833 bits per heavy atom. The third kappa shape index (κ3) is 7.37. The third-order valence-corrected chi connectivity index (χ3v) is 20.2. The zero-order valence-corrected chi connectivity index (χ0v) is 39.5. The number of unbranched alkanes of at least 4 members (excludes halogenated alkanes) is 3. The molecule has 0 spiro atoms. The molecule has 11 rings (SSSR count). The van der Waals surface area contributed by atoms with Crippen molar-refractivity contribution in [2.45, 2.75) is 46.0 Å². The van der Waals surface area contributed by atoms with Crippen LogP contribution in [0.1, 0.15) is 42.4 Å². The van der Waals surface area contributed by atoms with E-state index in [1.165, 1.54) is 114 Å². The molecule has 0 saturated carbocycles. The van der Waals surface area contributed by atoms with Crippen molar-refractivity contribution >= 4 is 123 Å². The van der Waals surface area contributed by atoms with Gasteiger partial charge in [0.1, 0.15) is 22.4 Å². The molecular weight excluding hydrogens is 913 g/mol. The molecule has 60 heavy (non-hydrogen) atoms. The lowest BCUT2D eigenvalue weighted by molar-refractivity contribution is 0.670. The summed E-state index contributed by atoms with van der Waals surface area (Å²) in [6.45, 7) is 4.42. The second-order valence-corrected chi connectivity index (χ2v) is 23.6. The molecule has 11 heterocycles. The lowest BCUT2D eigenvalue weighted by Crippen LogP contribution is -1.85. The zero-order valence-electron chi connectivity index (χ0n) is 32.1. The molecule has 296 valence electrons. The van der Waals surface area contributed by atoms with Crippen LogP contribution < -0.4 is 0 Å². The molecule has 0 aliphatic rings. The van der Waals surface area contributed by atoms with Crippen molar-refractivity contribution in [2.24, 2.45) is 0 Å². The molecule has 0 aliphatic heterocycles. The summed E-state index contributed by atoms with van der Waals surface area (Å²) in [5.74, 6) is 0. The molecule has 0 fully saturated rings. The molecule has 0 aliphatic carbocycles. The molecule has 0 N–H and O–H groups in total. The number of fused-ring (bicyclic) bond motifs is 2. The summed E-state index contributed by atoms with van der Waals surface area (Å²) in [7, 11) is 0. The standard InChI is InChI=1S/C45H32N6S9/c1-3-4-5-6-7-25-9-11-31(53-25)33-15-13-29(55-33)27-23-47-41(43-45(27)60-51-49-43)39-21-19-37(58-39)35-17-16-34(56-35)36-18-20-38(57-36)40-42-44(59-50-48-42)26(22-46-40)28-12-14-32(54-28)30-10-8-24(2)52-30/h8-23H,3-7H2,1-2H3. The predicted octanol–water partition coefficient (Wildman–Crippen LogP) is 16.7. The first-order valence-corrected chi connectivity index (χ1v) is 26.7. The summed E-state index contributed by atoms with van der Waals surface area (Å²) in [5.41, 5.74) is 5.69. The summed E-state index contributed by atoms with van der Waals surface area (Å²) >= 11 is 15.6. The largest absolute Gasteiger partial charge is 0.252 e. The quantitative estimate of drug-likeness (QED) is 0.107. The topological polar surface area (TPSA) is 77.3 Å². The Morgan fingerprint density at radius 1 is 0.417 bits per heavy atom. The molecule has 0 amide bonds. The fourth-order valence-corrected chi connectivity index (χ4v) is 16.1. The maximum Gasteiger partial charge on any atom is 0.133 e. The number of nitrogens with zero attached hydrogens (tertiary/aromatic N) is 6. The van der Waals surface area contributed by atoms with Gasteiger partial charge in [-0.1, -0.05) is 35.2 Å². The molecule has 6 nitrogen and oxygen atoms in total. The highest BCUT2D eigenvalue weighted by molar-refractivity contribution is 7.28. The number of aryl methyl sites for hydroxylation is 2. The van der Waals surface area contributed by atoms with Crippen LogP contribution >= 0.6 is 102 Å². The van der Waals surface area contributed by atoms with Gasteiger partial charge in [-0.25, -0.2) is 0 Å². The Morgan fingerprint density at radius 3 is 1.33 bits per heavy atom. The van der Waals surface area contributed by atoms with Crippen molar-refractivity contribution in [1.29, 1.82) is 0 Å². The predicted molar refractivity (Wildman–Crippen MR) is 265 cm³/mol. The summed E-state index contributed by atoms with van der Waals surface area (Å²) < 4.78 is 10.9. The van der Waals surface area contributed by atoms with Gasteiger partial charge in [-0.3, -0.25) is 9.97 Å². The normalized spacial score (nSPS) is 11.8. The first-order valence-electron chi connectivity index (χ1n) is 19.5. The molecule has 11 aromatic heterocycles. The minimum Gasteiger partial charge on any atom is -0.252 e. The van der Waals surface area contributed by atoms with E-state index in [0.29, 0.717) is 0 Å². The van der Waals surface area contributed by atoms with Crippen LogP contribution in [0.4, 0.5) is 0 Å². The second kappa shape index (κ2) is 16.6. The summed E-state index contributed by atoms with van der Waals surface area (Å²) in [6.07, 6.45) is 10.4. The van der Waals surface area contributed by atoms with Crippen molar-refractivity contribution < 1.29 is 0 Å². The van der Waals surface area contributed by atoms with Gasteiger partial charge in [0.2, 0.25) is 0 Å². The summed E-state index contributed by atoms with van der Waals surface area (Å²) in [6, 6.07) is 31.0. The number of rotatable bonds is 13.